The van der Waals surface area contributed by atoms with E-state index in [1.165, 1.54) is 24.7 Å². The zero-order chi connectivity index (χ0) is 25.3. The fraction of sp³-hybridized carbons (Fsp3) is 0.143. The Morgan fingerprint density at radius 1 is 1.09 bits per heavy atom. The predicted molar refractivity (Wildman–Crippen MR) is 119 cm³/mol. The van der Waals surface area contributed by atoms with Crippen molar-refractivity contribution >= 4 is 38.5 Å². The second-order valence-electron chi connectivity index (χ2n) is 7.33. The van der Waals surface area contributed by atoms with Crippen LogP contribution < -0.4 is 4.72 Å². The maximum Gasteiger partial charge on any atom is 0.373 e. The van der Waals surface area contributed by atoms with E-state index in [0.29, 0.717) is 11.1 Å². The molecule has 0 saturated carbocycles. The highest BCUT2D eigenvalue weighted by Crippen LogP contribution is 2.28. The van der Waals surface area contributed by atoms with Crippen LogP contribution in [0.25, 0.3) is 22.2 Å². The molecule has 0 saturated heterocycles. The number of rotatable bonds is 8. The largest absolute Gasteiger partial charge is 0.475 e. The summed E-state index contributed by atoms with van der Waals surface area (Å²) >= 11 is 0. The zero-order valence-electron chi connectivity index (χ0n) is 17.9. The number of carbonyl (C=O) groups excluding carboxylic acids is 1. The van der Waals surface area contributed by atoms with E-state index in [4.69, 9.17) is 5.11 Å². The molecule has 4 aromatic rings. The molecule has 11 nitrogen and oxygen atoms in total. The Kier molecular flexibility index (Phi) is 6.22. The van der Waals surface area contributed by atoms with Gasteiger partial charge in [0.25, 0.3) is 0 Å². The van der Waals surface area contributed by atoms with Gasteiger partial charge in [-0.1, -0.05) is 6.92 Å². The van der Waals surface area contributed by atoms with Crippen molar-refractivity contribution in [1.82, 2.24) is 25.1 Å². The molecule has 0 radical (unpaired) electrons. The summed E-state index contributed by atoms with van der Waals surface area (Å²) < 4.78 is 55.2. The number of fused-ring (bicyclic) bond motifs is 1. The third kappa shape index (κ3) is 4.68. The number of nitrogens with one attached hydrogen (secondary N) is 2. The van der Waals surface area contributed by atoms with Crippen LogP contribution in [0.2, 0.25) is 0 Å². The van der Waals surface area contributed by atoms with Crippen molar-refractivity contribution in [3.8, 4) is 11.1 Å². The lowest BCUT2D eigenvalue weighted by atomic mass is 10.0. The summed E-state index contributed by atoms with van der Waals surface area (Å²) in [4.78, 5) is 35.7. The molecular weight excluding hydrogens is 486 g/mol. The standard InChI is InChI=1S/C21H16F2N6O5S/c1-2-5-35(33,34)29-17-14(22)4-3-12(15(17)23)18(30)16-13-6-10(7-24-19(13)28-27-16)11-8-25-20(21(31)32)26-9-11/h3-4,6-9,29H,2,5H2,1H3,(H,31,32)(H,24,27,28). The van der Waals surface area contributed by atoms with E-state index in [2.05, 4.69) is 25.1 Å². The van der Waals surface area contributed by atoms with Crippen molar-refractivity contribution in [1.29, 1.82) is 0 Å². The van der Waals surface area contributed by atoms with E-state index in [1.807, 2.05) is 4.72 Å². The number of pyridine rings is 1. The van der Waals surface area contributed by atoms with Crippen LogP contribution in [0, 0.1) is 11.6 Å². The molecule has 1 aromatic carbocycles. The van der Waals surface area contributed by atoms with E-state index < -0.39 is 50.5 Å². The van der Waals surface area contributed by atoms with Crippen LogP contribution in [0.1, 0.15) is 40.0 Å². The van der Waals surface area contributed by atoms with Gasteiger partial charge in [0.2, 0.25) is 21.6 Å². The fourth-order valence-corrected chi connectivity index (χ4v) is 4.39. The number of sulfonamides is 1. The zero-order valence-corrected chi connectivity index (χ0v) is 18.7. The third-order valence-corrected chi connectivity index (χ3v) is 6.34. The normalized spacial score (nSPS) is 11.5. The number of carboxylic acids is 1. The van der Waals surface area contributed by atoms with E-state index in [-0.39, 0.29) is 28.9 Å². The van der Waals surface area contributed by atoms with Gasteiger partial charge in [0.05, 0.1) is 16.7 Å². The number of benzene rings is 1. The lowest BCUT2D eigenvalue weighted by molar-refractivity contribution is 0.0683. The second kappa shape index (κ2) is 9.13. The molecule has 0 bridgehead atoms. The quantitative estimate of drug-likeness (QED) is 0.307. The number of halogens is 2. The first-order chi connectivity index (χ1) is 16.6. The highest BCUT2D eigenvalue weighted by Gasteiger charge is 2.25. The molecule has 180 valence electrons. The van der Waals surface area contributed by atoms with Gasteiger partial charge in [-0.15, -0.1) is 0 Å². The summed E-state index contributed by atoms with van der Waals surface area (Å²) in [6, 6.07) is 3.17. The topological polar surface area (TPSA) is 168 Å². The lowest BCUT2D eigenvalue weighted by Gasteiger charge is -2.11. The number of hydrogen-bond donors (Lipinski definition) is 3. The van der Waals surface area contributed by atoms with Crippen molar-refractivity contribution in [2.24, 2.45) is 0 Å². The number of anilines is 1. The SMILES string of the molecule is CCCS(=O)(=O)Nc1c(F)ccc(C(=O)c2[nH]nc3ncc(-c4cnc(C(=O)O)nc4)cc23)c1F. The van der Waals surface area contributed by atoms with Gasteiger partial charge in [-0.3, -0.25) is 14.6 Å². The van der Waals surface area contributed by atoms with Crippen LogP contribution in [0.3, 0.4) is 0 Å². The van der Waals surface area contributed by atoms with Crippen molar-refractivity contribution in [3.63, 3.8) is 0 Å². The summed E-state index contributed by atoms with van der Waals surface area (Å²) in [6.07, 6.45) is 4.14. The molecule has 0 aliphatic heterocycles. The van der Waals surface area contributed by atoms with E-state index in [9.17, 15) is 22.4 Å². The van der Waals surface area contributed by atoms with E-state index >= 15 is 4.39 Å². The van der Waals surface area contributed by atoms with Gasteiger partial charge in [-0.25, -0.2) is 36.9 Å². The summed E-state index contributed by atoms with van der Waals surface area (Å²) in [5, 5.41) is 15.5. The molecule has 3 N–H and O–H groups in total. The van der Waals surface area contributed by atoms with Crippen LogP contribution in [0.5, 0.6) is 0 Å². The lowest BCUT2D eigenvalue weighted by Crippen LogP contribution is -2.19. The molecule has 14 heteroatoms. The van der Waals surface area contributed by atoms with Crippen molar-refractivity contribution < 1.29 is 31.9 Å². The fourth-order valence-electron chi connectivity index (χ4n) is 3.25. The molecule has 3 aromatic heterocycles. The number of ketones is 1. The third-order valence-electron chi connectivity index (χ3n) is 4.88. The molecule has 0 aliphatic rings. The number of carbonyl (C=O) groups is 2. The molecule has 0 unspecified atom stereocenters. The maximum absolute atomic E-state index is 15.1. The Labute approximate surface area is 196 Å². The van der Waals surface area contributed by atoms with Crippen molar-refractivity contribution in [2.75, 3.05) is 10.5 Å². The Morgan fingerprint density at radius 2 is 1.77 bits per heavy atom. The van der Waals surface area contributed by atoms with Gasteiger partial charge in [0, 0.05) is 29.7 Å². The van der Waals surface area contributed by atoms with E-state index in [1.54, 1.807) is 6.92 Å². The number of carboxylic acid groups (broad SMARTS) is 1. The first kappa shape index (κ1) is 23.8. The predicted octanol–water partition coefficient (Wildman–Crippen LogP) is 2.77. The minimum absolute atomic E-state index is 0.117. The molecule has 35 heavy (non-hydrogen) atoms. The van der Waals surface area contributed by atoms with Gasteiger partial charge in [0.1, 0.15) is 17.2 Å². The summed E-state index contributed by atoms with van der Waals surface area (Å²) in [7, 11) is -4.03. The van der Waals surface area contributed by atoms with Gasteiger partial charge >= 0.3 is 5.97 Å². The Bertz CT molecular complexity index is 1570. The molecule has 4 rings (SSSR count). The Balaban J connectivity index is 1.75. The summed E-state index contributed by atoms with van der Waals surface area (Å²) in [6.45, 7) is 1.59. The number of aromatic nitrogens is 5. The number of hydrogen-bond acceptors (Lipinski definition) is 8. The average Bonchev–Trinajstić information content (AvgIpc) is 3.25. The van der Waals surface area contributed by atoms with Gasteiger partial charge < -0.3 is 5.11 Å². The minimum atomic E-state index is -4.03. The van der Waals surface area contributed by atoms with Crippen LogP contribution in [-0.2, 0) is 10.0 Å². The second-order valence-corrected chi connectivity index (χ2v) is 9.17. The number of nitrogens with zero attached hydrogens (tertiary/aromatic N) is 4. The molecule has 0 amide bonds. The highest BCUT2D eigenvalue weighted by molar-refractivity contribution is 7.92. The molecule has 0 aliphatic carbocycles. The summed E-state index contributed by atoms with van der Waals surface area (Å²) in [5.74, 6) is -5.54. The van der Waals surface area contributed by atoms with Gasteiger partial charge in [-0.2, -0.15) is 5.10 Å². The number of aromatic carboxylic acids is 1. The molecule has 0 fully saturated rings. The number of H-pyrrole nitrogens is 1. The average molecular weight is 502 g/mol. The first-order valence-corrected chi connectivity index (χ1v) is 11.7. The van der Waals surface area contributed by atoms with E-state index in [0.717, 1.165) is 12.1 Å². The first-order valence-electron chi connectivity index (χ1n) is 10.0. The minimum Gasteiger partial charge on any atom is -0.475 e. The van der Waals surface area contributed by atoms with Crippen LogP contribution in [0.15, 0.2) is 36.8 Å². The highest BCUT2D eigenvalue weighted by atomic mass is 32.2. The molecule has 0 spiro atoms. The van der Waals surface area contributed by atoms with Gasteiger partial charge in [0.15, 0.2) is 11.5 Å². The molecular formula is C21H16F2N6O5S. The van der Waals surface area contributed by atoms with Crippen molar-refractivity contribution in [2.45, 2.75) is 13.3 Å². The van der Waals surface area contributed by atoms with Crippen molar-refractivity contribution in [3.05, 3.63) is 65.5 Å². The monoisotopic (exact) mass is 502 g/mol. The summed E-state index contributed by atoms with van der Waals surface area (Å²) in [5.41, 5.74) is -0.799. The molecule has 0 atom stereocenters. The molecule has 3 heterocycles. The van der Waals surface area contributed by atoms with Gasteiger partial charge in [-0.05, 0) is 24.6 Å². The van der Waals surface area contributed by atoms with Crippen LogP contribution in [-0.4, -0.2) is 56.2 Å². The Morgan fingerprint density at radius 3 is 2.43 bits per heavy atom. The van der Waals surface area contributed by atoms with Crippen LogP contribution in [0.4, 0.5) is 14.5 Å². The number of aromatic amines is 1. The maximum atomic E-state index is 15.1. The smallest absolute Gasteiger partial charge is 0.373 e. The Hall–Kier alpha value is -4.33. The van der Waals surface area contributed by atoms with Crippen LogP contribution >= 0.6 is 0 Å².